The zero-order chi connectivity index (χ0) is 15.7. The van der Waals surface area contributed by atoms with Crippen molar-refractivity contribution in [3.63, 3.8) is 0 Å². The summed E-state index contributed by atoms with van der Waals surface area (Å²) >= 11 is 0. The van der Waals surface area contributed by atoms with Crippen molar-refractivity contribution in [3.8, 4) is 0 Å². The van der Waals surface area contributed by atoms with Crippen LogP contribution in [0.25, 0.3) is 0 Å². The highest BCUT2D eigenvalue weighted by Gasteiger charge is 2.33. The largest absolute Gasteiger partial charge is 0.351 e. The average Bonchev–Trinajstić information content (AvgIpc) is 2.94. The summed E-state index contributed by atoms with van der Waals surface area (Å²) in [7, 11) is 0. The fourth-order valence-corrected chi connectivity index (χ4v) is 4.16. The number of imidazole rings is 1. The summed E-state index contributed by atoms with van der Waals surface area (Å²) < 4.78 is 2.41. The van der Waals surface area contributed by atoms with Crippen LogP contribution in [-0.2, 0) is 11.2 Å². The molecule has 0 bridgehead atoms. The van der Waals surface area contributed by atoms with Crippen molar-refractivity contribution in [2.24, 2.45) is 11.8 Å². The number of amides is 1. The third kappa shape index (κ3) is 3.36. The first-order valence-corrected chi connectivity index (χ1v) is 8.77. The van der Waals surface area contributed by atoms with Gasteiger partial charge in [0.2, 0.25) is 5.91 Å². The zero-order valence-electron chi connectivity index (χ0n) is 14.1. The van der Waals surface area contributed by atoms with Crippen LogP contribution in [0.2, 0.25) is 0 Å². The monoisotopic (exact) mass is 303 g/mol. The minimum absolute atomic E-state index is 0.122. The Bertz CT molecular complexity index is 521. The number of carbonyl (C=O) groups excluding carboxylic acids is 1. The topological polar surface area (TPSA) is 46.9 Å². The molecule has 1 atom stereocenters. The van der Waals surface area contributed by atoms with E-state index in [-0.39, 0.29) is 17.4 Å². The first-order valence-electron chi connectivity index (χ1n) is 8.77. The Morgan fingerprint density at radius 1 is 1.23 bits per heavy atom. The van der Waals surface area contributed by atoms with Gasteiger partial charge in [-0.25, -0.2) is 4.98 Å². The number of hydrogen-bond donors (Lipinski definition) is 1. The normalized spacial score (nSPS) is 29.0. The number of rotatable bonds is 2. The van der Waals surface area contributed by atoms with Crippen LogP contribution >= 0.6 is 0 Å². The maximum atomic E-state index is 12.3. The fourth-order valence-electron chi connectivity index (χ4n) is 4.16. The molecule has 3 rings (SSSR count). The quantitative estimate of drug-likeness (QED) is 0.909. The van der Waals surface area contributed by atoms with E-state index in [0.29, 0.717) is 12.0 Å². The van der Waals surface area contributed by atoms with Crippen molar-refractivity contribution in [1.82, 2.24) is 14.9 Å². The van der Waals surface area contributed by atoms with Gasteiger partial charge in [0.15, 0.2) is 0 Å². The molecule has 1 aromatic rings. The lowest BCUT2D eigenvalue weighted by molar-refractivity contribution is -0.127. The van der Waals surface area contributed by atoms with E-state index >= 15 is 0 Å². The number of aryl methyl sites for hydroxylation is 1. The minimum atomic E-state index is -0.122. The number of nitrogens with one attached hydrogen (secondary N) is 1. The van der Waals surface area contributed by atoms with Crippen molar-refractivity contribution < 1.29 is 4.79 Å². The Morgan fingerprint density at radius 3 is 2.64 bits per heavy atom. The van der Waals surface area contributed by atoms with Crippen LogP contribution in [0.1, 0.15) is 71.0 Å². The van der Waals surface area contributed by atoms with Gasteiger partial charge < -0.3 is 9.88 Å². The van der Waals surface area contributed by atoms with Gasteiger partial charge in [-0.15, -0.1) is 0 Å². The summed E-state index contributed by atoms with van der Waals surface area (Å²) in [5.74, 6) is 1.17. The van der Waals surface area contributed by atoms with Gasteiger partial charge >= 0.3 is 0 Å². The predicted octanol–water partition coefficient (Wildman–Crippen LogP) is 3.48. The Kier molecular flexibility index (Phi) is 4.28. The van der Waals surface area contributed by atoms with E-state index in [4.69, 9.17) is 0 Å². The van der Waals surface area contributed by atoms with Gasteiger partial charge in [-0.1, -0.05) is 0 Å². The number of aromatic nitrogens is 2. The van der Waals surface area contributed by atoms with Crippen LogP contribution in [-0.4, -0.2) is 21.0 Å². The summed E-state index contributed by atoms with van der Waals surface area (Å²) in [6.07, 6.45) is 12.2. The Balaban J connectivity index is 1.58. The van der Waals surface area contributed by atoms with Gasteiger partial charge in [0.1, 0.15) is 0 Å². The second-order valence-corrected chi connectivity index (χ2v) is 8.10. The maximum Gasteiger partial charge on any atom is 0.223 e. The van der Waals surface area contributed by atoms with Crippen molar-refractivity contribution >= 4 is 5.91 Å². The van der Waals surface area contributed by atoms with E-state index < -0.39 is 0 Å². The molecule has 1 aliphatic heterocycles. The van der Waals surface area contributed by atoms with Crippen molar-refractivity contribution in [2.45, 2.75) is 77.3 Å². The maximum absolute atomic E-state index is 12.3. The molecule has 4 heteroatoms. The van der Waals surface area contributed by atoms with E-state index in [2.05, 4.69) is 35.6 Å². The lowest BCUT2D eigenvalue weighted by Gasteiger charge is -2.37. The highest BCUT2D eigenvalue weighted by atomic mass is 16.2. The van der Waals surface area contributed by atoms with Crippen molar-refractivity contribution in [3.05, 3.63) is 18.2 Å². The first-order chi connectivity index (χ1) is 10.4. The summed E-state index contributed by atoms with van der Waals surface area (Å²) in [6, 6.07) is 0.609. The first kappa shape index (κ1) is 15.6. The van der Waals surface area contributed by atoms with Crippen LogP contribution < -0.4 is 5.32 Å². The Labute approximate surface area is 133 Å². The van der Waals surface area contributed by atoms with E-state index in [9.17, 15) is 4.79 Å². The lowest BCUT2D eigenvalue weighted by atomic mass is 9.76. The lowest BCUT2D eigenvalue weighted by Crippen LogP contribution is -2.45. The second-order valence-electron chi connectivity index (χ2n) is 8.10. The zero-order valence-corrected chi connectivity index (χ0v) is 14.1. The number of hydrogen-bond acceptors (Lipinski definition) is 2. The predicted molar refractivity (Wildman–Crippen MR) is 87.5 cm³/mol. The molecule has 1 unspecified atom stereocenters. The van der Waals surface area contributed by atoms with Crippen molar-refractivity contribution in [2.75, 3.05) is 0 Å². The third-order valence-corrected chi connectivity index (χ3v) is 5.22. The number of fused-ring (bicyclic) bond motifs is 1. The van der Waals surface area contributed by atoms with E-state index in [1.54, 1.807) is 0 Å². The number of nitrogens with zero attached hydrogens (tertiary/aromatic N) is 2. The molecule has 2 aliphatic rings. The Hall–Kier alpha value is -1.32. The van der Waals surface area contributed by atoms with Crippen LogP contribution in [0.15, 0.2) is 12.5 Å². The number of carbonyl (C=O) groups is 1. The van der Waals surface area contributed by atoms with Crippen LogP contribution in [0.4, 0.5) is 0 Å². The molecule has 0 aromatic carbocycles. The molecule has 2 heterocycles. The SMILES string of the molecule is CC(C)(C)NC(=O)C1CCC(C2CCCc3cncn32)CC1. The smallest absolute Gasteiger partial charge is 0.223 e. The van der Waals surface area contributed by atoms with Crippen LogP contribution in [0, 0.1) is 11.8 Å². The summed E-state index contributed by atoms with van der Waals surface area (Å²) in [5, 5.41) is 3.14. The third-order valence-electron chi connectivity index (χ3n) is 5.22. The van der Waals surface area contributed by atoms with E-state index in [0.717, 1.165) is 12.8 Å². The molecule has 4 nitrogen and oxygen atoms in total. The summed E-state index contributed by atoms with van der Waals surface area (Å²) in [4.78, 5) is 16.7. The van der Waals surface area contributed by atoms with Gasteiger partial charge in [-0.2, -0.15) is 0 Å². The molecular weight excluding hydrogens is 274 g/mol. The molecule has 1 amide bonds. The summed E-state index contributed by atoms with van der Waals surface area (Å²) in [6.45, 7) is 6.16. The molecule has 1 saturated carbocycles. The fraction of sp³-hybridized carbons (Fsp3) is 0.778. The Morgan fingerprint density at radius 2 is 1.95 bits per heavy atom. The molecule has 1 N–H and O–H groups in total. The molecule has 1 aromatic heterocycles. The van der Waals surface area contributed by atoms with Gasteiger partial charge in [-0.3, -0.25) is 4.79 Å². The van der Waals surface area contributed by atoms with E-state index in [1.807, 2.05) is 12.5 Å². The van der Waals surface area contributed by atoms with Gasteiger partial charge in [0.25, 0.3) is 0 Å². The highest BCUT2D eigenvalue weighted by molar-refractivity contribution is 5.79. The average molecular weight is 303 g/mol. The van der Waals surface area contributed by atoms with Gasteiger partial charge in [0.05, 0.1) is 6.33 Å². The minimum Gasteiger partial charge on any atom is -0.351 e. The molecule has 122 valence electrons. The molecular formula is C18H29N3O. The van der Waals surface area contributed by atoms with E-state index in [1.165, 1.54) is 37.8 Å². The molecule has 0 radical (unpaired) electrons. The van der Waals surface area contributed by atoms with Crippen LogP contribution in [0.3, 0.4) is 0 Å². The van der Waals surface area contributed by atoms with Crippen LogP contribution in [0.5, 0.6) is 0 Å². The molecule has 1 aliphatic carbocycles. The van der Waals surface area contributed by atoms with Crippen molar-refractivity contribution in [1.29, 1.82) is 0 Å². The standard InChI is InChI=1S/C18H29N3O/c1-18(2,3)20-17(22)14-9-7-13(8-10-14)16-6-4-5-15-11-19-12-21(15)16/h11-14,16H,4-10H2,1-3H3,(H,20,22). The highest BCUT2D eigenvalue weighted by Crippen LogP contribution is 2.40. The van der Waals surface area contributed by atoms with Gasteiger partial charge in [0, 0.05) is 29.4 Å². The molecule has 22 heavy (non-hydrogen) atoms. The van der Waals surface area contributed by atoms with Gasteiger partial charge in [-0.05, 0) is 71.6 Å². The molecule has 0 saturated heterocycles. The molecule has 1 fully saturated rings. The second kappa shape index (κ2) is 6.05. The summed E-state index contributed by atoms with van der Waals surface area (Å²) in [5.41, 5.74) is 1.27. The molecule has 0 spiro atoms.